The van der Waals surface area contributed by atoms with E-state index in [9.17, 15) is 22.4 Å². The van der Waals surface area contributed by atoms with Crippen LogP contribution in [0.15, 0.2) is 0 Å². The summed E-state index contributed by atoms with van der Waals surface area (Å²) in [5.74, 6) is -1.77. The lowest BCUT2D eigenvalue weighted by Crippen LogP contribution is -2.03. The maximum absolute atomic E-state index is 12.2. The van der Waals surface area contributed by atoms with Crippen LogP contribution in [0.25, 0.3) is 0 Å². The van der Waals surface area contributed by atoms with Crippen molar-refractivity contribution in [3.8, 4) is 0 Å². The number of aromatic carboxylic acids is 1. The van der Waals surface area contributed by atoms with Gasteiger partial charge in [0.2, 0.25) is 0 Å². The molecule has 1 aromatic heterocycles. The van der Waals surface area contributed by atoms with Crippen LogP contribution in [0.2, 0.25) is 0 Å². The van der Waals surface area contributed by atoms with Gasteiger partial charge in [-0.1, -0.05) is 0 Å². The van der Waals surface area contributed by atoms with Gasteiger partial charge in [0.25, 0.3) is 12.9 Å². The van der Waals surface area contributed by atoms with Gasteiger partial charge >= 0.3 is 5.97 Å². The second-order valence-corrected chi connectivity index (χ2v) is 2.31. The maximum atomic E-state index is 12.2. The van der Waals surface area contributed by atoms with Crippen molar-refractivity contribution < 1.29 is 27.5 Å². The summed E-state index contributed by atoms with van der Waals surface area (Å²) < 4.78 is 48.5. The molecule has 0 bridgehead atoms. The number of aromatic amines is 1. The van der Waals surface area contributed by atoms with E-state index in [2.05, 4.69) is 5.10 Å². The van der Waals surface area contributed by atoms with Gasteiger partial charge in [-0.3, -0.25) is 5.10 Å². The standard InChI is InChI=1S/C6H4F4N2O2/c7-4(8)1-2(5(9)10)11-12-3(1)6(13)14/h4-5H,(H,11,12)(H,13,14). The molecule has 0 aliphatic rings. The van der Waals surface area contributed by atoms with E-state index in [1.54, 1.807) is 5.10 Å². The molecular weight excluding hydrogens is 208 g/mol. The zero-order chi connectivity index (χ0) is 10.9. The summed E-state index contributed by atoms with van der Waals surface area (Å²) in [6.45, 7) is 0. The van der Waals surface area contributed by atoms with E-state index in [1.807, 2.05) is 0 Å². The molecule has 78 valence electrons. The molecule has 0 aliphatic heterocycles. The van der Waals surface area contributed by atoms with Crippen molar-refractivity contribution in [3.63, 3.8) is 0 Å². The molecule has 14 heavy (non-hydrogen) atoms. The molecule has 2 N–H and O–H groups in total. The number of nitrogens with zero attached hydrogens (tertiary/aromatic N) is 1. The molecule has 0 radical (unpaired) electrons. The molecular formula is C6H4F4N2O2. The van der Waals surface area contributed by atoms with Crippen molar-refractivity contribution in [2.75, 3.05) is 0 Å². The highest BCUT2D eigenvalue weighted by molar-refractivity contribution is 5.87. The van der Waals surface area contributed by atoms with Gasteiger partial charge in [-0.2, -0.15) is 5.10 Å². The topological polar surface area (TPSA) is 66.0 Å². The summed E-state index contributed by atoms with van der Waals surface area (Å²) in [6.07, 6.45) is -6.51. The average Bonchev–Trinajstić information content (AvgIpc) is 2.46. The highest BCUT2D eigenvalue weighted by Gasteiger charge is 2.29. The quantitative estimate of drug-likeness (QED) is 0.753. The molecule has 0 aliphatic carbocycles. The summed E-state index contributed by atoms with van der Waals surface area (Å²) in [5.41, 5.74) is -3.49. The highest BCUT2D eigenvalue weighted by Crippen LogP contribution is 2.30. The lowest BCUT2D eigenvalue weighted by atomic mass is 10.2. The molecule has 0 saturated heterocycles. The number of rotatable bonds is 3. The second-order valence-electron chi connectivity index (χ2n) is 2.31. The molecule has 1 heterocycles. The van der Waals surface area contributed by atoms with Gasteiger partial charge in [0, 0.05) is 0 Å². The Bertz CT molecular complexity index is 350. The van der Waals surface area contributed by atoms with E-state index in [4.69, 9.17) is 5.11 Å². The average molecular weight is 212 g/mol. The lowest BCUT2D eigenvalue weighted by Gasteiger charge is -2.00. The Morgan fingerprint density at radius 3 is 2.21 bits per heavy atom. The van der Waals surface area contributed by atoms with Gasteiger partial charge in [-0.15, -0.1) is 0 Å². The number of H-pyrrole nitrogens is 1. The van der Waals surface area contributed by atoms with Crippen LogP contribution in [0, 0.1) is 0 Å². The van der Waals surface area contributed by atoms with Crippen molar-refractivity contribution in [2.24, 2.45) is 0 Å². The predicted molar refractivity (Wildman–Crippen MR) is 35.5 cm³/mol. The highest BCUT2D eigenvalue weighted by atomic mass is 19.3. The van der Waals surface area contributed by atoms with E-state index in [-0.39, 0.29) is 0 Å². The first-order chi connectivity index (χ1) is 6.45. The third kappa shape index (κ3) is 1.68. The Morgan fingerprint density at radius 1 is 1.29 bits per heavy atom. The van der Waals surface area contributed by atoms with Gasteiger partial charge in [0.05, 0.1) is 5.56 Å². The number of halogens is 4. The van der Waals surface area contributed by atoms with Crippen molar-refractivity contribution >= 4 is 5.97 Å². The molecule has 0 saturated carbocycles. The smallest absolute Gasteiger partial charge is 0.356 e. The van der Waals surface area contributed by atoms with Crippen molar-refractivity contribution in [1.29, 1.82) is 0 Å². The zero-order valence-electron chi connectivity index (χ0n) is 6.47. The fourth-order valence-electron chi connectivity index (χ4n) is 0.914. The fraction of sp³-hybridized carbons (Fsp3) is 0.333. The van der Waals surface area contributed by atoms with Crippen LogP contribution in [0.4, 0.5) is 17.6 Å². The third-order valence-corrected chi connectivity index (χ3v) is 1.47. The minimum atomic E-state index is -3.30. The molecule has 0 fully saturated rings. The SMILES string of the molecule is O=C(O)c1n[nH]c(C(F)F)c1C(F)F. The van der Waals surface area contributed by atoms with E-state index in [0.717, 1.165) is 0 Å². The molecule has 1 rings (SSSR count). The minimum Gasteiger partial charge on any atom is -0.476 e. The number of hydrogen-bond acceptors (Lipinski definition) is 2. The number of nitrogens with one attached hydrogen (secondary N) is 1. The molecule has 0 spiro atoms. The maximum Gasteiger partial charge on any atom is 0.356 e. The Balaban J connectivity index is 3.27. The van der Waals surface area contributed by atoms with Crippen molar-refractivity contribution in [2.45, 2.75) is 12.9 Å². The summed E-state index contributed by atoms with van der Waals surface area (Å²) in [4.78, 5) is 10.3. The second kappa shape index (κ2) is 3.64. The van der Waals surface area contributed by atoms with Crippen LogP contribution < -0.4 is 0 Å². The number of carbonyl (C=O) groups is 1. The largest absolute Gasteiger partial charge is 0.476 e. The number of alkyl halides is 4. The molecule has 0 atom stereocenters. The van der Waals surface area contributed by atoms with E-state index < -0.39 is 35.8 Å². The van der Waals surface area contributed by atoms with E-state index in [1.165, 1.54) is 0 Å². The zero-order valence-corrected chi connectivity index (χ0v) is 6.47. The van der Waals surface area contributed by atoms with Crippen molar-refractivity contribution in [1.82, 2.24) is 10.2 Å². The van der Waals surface area contributed by atoms with Gasteiger partial charge in [0.15, 0.2) is 5.69 Å². The van der Waals surface area contributed by atoms with Crippen LogP contribution in [-0.4, -0.2) is 21.3 Å². The number of carboxylic acids is 1. The Hall–Kier alpha value is -1.60. The molecule has 8 heteroatoms. The molecule has 4 nitrogen and oxygen atoms in total. The fourth-order valence-corrected chi connectivity index (χ4v) is 0.914. The third-order valence-electron chi connectivity index (χ3n) is 1.47. The van der Waals surface area contributed by atoms with E-state index >= 15 is 0 Å². The summed E-state index contributed by atoms with van der Waals surface area (Å²) in [5, 5.41) is 12.8. The Morgan fingerprint density at radius 2 is 1.86 bits per heavy atom. The first-order valence-electron chi connectivity index (χ1n) is 3.33. The van der Waals surface area contributed by atoms with Crippen LogP contribution in [0.5, 0.6) is 0 Å². The number of carboxylic acid groups (broad SMARTS) is 1. The monoisotopic (exact) mass is 212 g/mol. The molecule has 1 aromatic rings. The molecule has 0 unspecified atom stereocenters. The minimum absolute atomic E-state index is 1.07. The van der Waals surface area contributed by atoms with Crippen LogP contribution in [0.1, 0.15) is 34.6 Å². The summed E-state index contributed by atoms with van der Waals surface area (Å²) in [6, 6.07) is 0. The van der Waals surface area contributed by atoms with Crippen LogP contribution in [-0.2, 0) is 0 Å². The number of aromatic nitrogens is 2. The van der Waals surface area contributed by atoms with Gasteiger partial charge in [0.1, 0.15) is 5.69 Å². The first kappa shape index (κ1) is 10.5. The van der Waals surface area contributed by atoms with Crippen molar-refractivity contribution in [3.05, 3.63) is 17.0 Å². The first-order valence-corrected chi connectivity index (χ1v) is 3.33. The van der Waals surface area contributed by atoms with Gasteiger partial charge in [-0.05, 0) is 0 Å². The summed E-state index contributed by atoms with van der Waals surface area (Å²) in [7, 11) is 0. The lowest BCUT2D eigenvalue weighted by molar-refractivity contribution is 0.0677. The normalized spacial score (nSPS) is 11.3. The summed E-state index contributed by atoms with van der Waals surface area (Å²) >= 11 is 0. The van der Waals surface area contributed by atoms with Gasteiger partial charge in [-0.25, -0.2) is 22.4 Å². The Labute approximate surface area is 74.5 Å². The predicted octanol–water partition coefficient (Wildman–Crippen LogP) is 1.98. The Kier molecular flexibility index (Phi) is 2.73. The van der Waals surface area contributed by atoms with Crippen LogP contribution in [0.3, 0.4) is 0 Å². The van der Waals surface area contributed by atoms with Gasteiger partial charge < -0.3 is 5.11 Å². The number of hydrogen-bond donors (Lipinski definition) is 2. The van der Waals surface area contributed by atoms with E-state index in [0.29, 0.717) is 0 Å². The molecule has 0 aromatic carbocycles. The molecule has 0 amide bonds. The van der Waals surface area contributed by atoms with Crippen LogP contribution >= 0.6 is 0 Å².